The number of anilines is 1. The summed E-state index contributed by atoms with van der Waals surface area (Å²) >= 11 is 0. The van der Waals surface area contributed by atoms with Crippen LogP contribution in [0.15, 0.2) is 42.7 Å². The normalized spacial score (nSPS) is 19.0. The number of carbonyl (C=O) groups excluding carboxylic acids is 2. The number of rotatable bonds is 3. The SMILES string of the molecule is CN1c2cc(C(=O)NCc3ccncc3)ccc2C(=O)N2CCCC[C@@H]21. The molecule has 3 heterocycles. The van der Waals surface area contributed by atoms with Gasteiger partial charge in [-0.15, -0.1) is 0 Å². The molecule has 2 aromatic rings. The molecule has 1 fully saturated rings. The van der Waals surface area contributed by atoms with Crippen molar-refractivity contribution in [2.45, 2.75) is 32.0 Å². The minimum absolute atomic E-state index is 0.0755. The summed E-state index contributed by atoms with van der Waals surface area (Å²) in [5, 5.41) is 2.92. The van der Waals surface area contributed by atoms with E-state index in [1.807, 2.05) is 30.1 Å². The monoisotopic (exact) mass is 350 g/mol. The molecule has 0 unspecified atom stereocenters. The van der Waals surface area contributed by atoms with Gasteiger partial charge in [-0.3, -0.25) is 14.6 Å². The van der Waals surface area contributed by atoms with Crippen LogP contribution in [0.1, 0.15) is 45.5 Å². The molecule has 26 heavy (non-hydrogen) atoms. The molecule has 1 atom stereocenters. The van der Waals surface area contributed by atoms with Crippen LogP contribution in [-0.2, 0) is 6.54 Å². The standard InChI is InChI=1S/C20H22N4O2/c1-23-17-12-15(19(25)22-13-14-7-9-21-10-8-14)5-6-16(17)20(26)24-11-3-2-4-18(23)24/h5-10,12,18H,2-4,11,13H2,1H3,(H,22,25)/t18-/m1/s1. The first-order valence-electron chi connectivity index (χ1n) is 9.00. The average Bonchev–Trinajstić information content (AvgIpc) is 2.70. The number of nitrogens with zero attached hydrogens (tertiary/aromatic N) is 3. The summed E-state index contributed by atoms with van der Waals surface area (Å²) < 4.78 is 0. The highest BCUT2D eigenvalue weighted by molar-refractivity contribution is 6.04. The fraction of sp³-hybridized carbons (Fsp3) is 0.350. The summed E-state index contributed by atoms with van der Waals surface area (Å²) in [6.45, 7) is 1.26. The van der Waals surface area contributed by atoms with Gasteiger partial charge in [0.25, 0.3) is 11.8 Å². The Bertz CT molecular complexity index is 837. The maximum atomic E-state index is 12.8. The summed E-state index contributed by atoms with van der Waals surface area (Å²) in [6, 6.07) is 9.09. The van der Waals surface area contributed by atoms with Gasteiger partial charge in [-0.2, -0.15) is 0 Å². The predicted octanol–water partition coefficient (Wildman–Crippen LogP) is 2.41. The quantitative estimate of drug-likeness (QED) is 0.923. The third kappa shape index (κ3) is 2.92. The van der Waals surface area contributed by atoms with E-state index in [4.69, 9.17) is 0 Å². The molecular weight excluding hydrogens is 328 g/mol. The summed E-state index contributed by atoms with van der Waals surface area (Å²) in [4.78, 5) is 33.4. The van der Waals surface area contributed by atoms with E-state index < -0.39 is 0 Å². The first-order valence-corrected chi connectivity index (χ1v) is 9.00. The smallest absolute Gasteiger partial charge is 0.257 e. The lowest BCUT2D eigenvalue weighted by Crippen LogP contribution is -2.55. The first kappa shape index (κ1) is 16.6. The van der Waals surface area contributed by atoms with Crippen LogP contribution >= 0.6 is 0 Å². The van der Waals surface area contributed by atoms with Crippen LogP contribution in [0.5, 0.6) is 0 Å². The molecule has 1 N–H and O–H groups in total. The largest absolute Gasteiger partial charge is 0.354 e. The lowest BCUT2D eigenvalue weighted by atomic mass is 9.97. The van der Waals surface area contributed by atoms with Crippen molar-refractivity contribution in [3.8, 4) is 0 Å². The van der Waals surface area contributed by atoms with Gasteiger partial charge in [0.2, 0.25) is 0 Å². The van der Waals surface area contributed by atoms with Gasteiger partial charge in [-0.25, -0.2) is 0 Å². The highest BCUT2D eigenvalue weighted by atomic mass is 16.2. The molecule has 6 heteroatoms. The minimum atomic E-state index is -0.142. The number of benzene rings is 1. The van der Waals surface area contributed by atoms with Gasteiger partial charge < -0.3 is 15.1 Å². The van der Waals surface area contributed by atoms with E-state index in [-0.39, 0.29) is 18.0 Å². The van der Waals surface area contributed by atoms with Gasteiger partial charge in [-0.1, -0.05) is 0 Å². The Morgan fingerprint density at radius 1 is 1.23 bits per heavy atom. The molecule has 2 amide bonds. The number of carbonyl (C=O) groups is 2. The fourth-order valence-corrected chi connectivity index (χ4v) is 3.80. The van der Waals surface area contributed by atoms with Gasteiger partial charge in [0.05, 0.1) is 11.3 Å². The lowest BCUT2D eigenvalue weighted by Gasteiger charge is -2.46. The number of amides is 2. The molecule has 1 aromatic carbocycles. The van der Waals surface area contributed by atoms with Crippen LogP contribution < -0.4 is 10.2 Å². The second kappa shape index (κ2) is 6.78. The number of piperidine rings is 1. The van der Waals surface area contributed by atoms with Crippen molar-refractivity contribution in [3.63, 3.8) is 0 Å². The van der Waals surface area contributed by atoms with Crippen LogP contribution in [0.25, 0.3) is 0 Å². The van der Waals surface area contributed by atoms with Gasteiger partial charge >= 0.3 is 0 Å². The zero-order valence-corrected chi connectivity index (χ0v) is 14.8. The molecule has 2 aliphatic heterocycles. The van der Waals surface area contributed by atoms with Crippen molar-refractivity contribution >= 4 is 17.5 Å². The van der Waals surface area contributed by atoms with Crippen molar-refractivity contribution in [1.29, 1.82) is 0 Å². The number of fused-ring (bicyclic) bond motifs is 2. The molecule has 0 spiro atoms. The van der Waals surface area contributed by atoms with Crippen molar-refractivity contribution < 1.29 is 9.59 Å². The Morgan fingerprint density at radius 2 is 2.04 bits per heavy atom. The van der Waals surface area contributed by atoms with Crippen LogP contribution in [0, 0.1) is 0 Å². The Hall–Kier alpha value is -2.89. The molecule has 0 saturated carbocycles. The maximum Gasteiger partial charge on any atom is 0.257 e. The third-order valence-electron chi connectivity index (χ3n) is 5.25. The Kier molecular flexibility index (Phi) is 4.32. The number of hydrogen-bond donors (Lipinski definition) is 1. The predicted molar refractivity (Wildman–Crippen MR) is 98.9 cm³/mol. The Labute approximate surface area is 152 Å². The zero-order valence-electron chi connectivity index (χ0n) is 14.8. The molecule has 1 aromatic heterocycles. The van der Waals surface area contributed by atoms with Crippen LogP contribution in [0.2, 0.25) is 0 Å². The van der Waals surface area contributed by atoms with Crippen LogP contribution in [0.4, 0.5) is 5.69 Å². The van der Waals surface area contributed by atoms with Gasteiger partial charge in [-0.05, 0) is 55.2 Å². The van der Waals surface area contributed by atoms with E-state index in [0.29, 0.717) is 17.7 Å². The molecular formula is C20H22N4O2. The summed E-state index contributed by atoms with van der Waals surface area (Å²) in [6.07, 6.45) is 6.66. The molecule has 0 radical (unpaired) electrons. The van der Waals surface area contributed by atoms with E-state index in [1.54, 1.807) is 24.5 Å². The van der Waals surface area contributed by atoms with E-state index in [9.17, 15) is 9.59 Å². The van der Waals surface area contributed by atoms with Gasteiger partial charge in [0.15, 0.2) is 0 Å². The zero-order chi connectivity index (χ0) is 18.1. The molecule has 0 bridgehead atoms. The Balaban J connectivity index is 1.56. The second-order valence-electron chi connectivity index (χ2n) is 6.86. The van der Waals surface area contributed by atoms with Gasteiger partial charge in [0, 0.05) is 38.1 Å². The number of aromatic nitrogens is 1. The van der Waals surface area contributed by atoms with Crippen LogP contribution in [-0.4, -0.2) is 41.5 Å². The molecule has 2 aliphatic rings. The van der Waals surface area contributed by atoms with Crippen molar-refractivity contribution in [1.82, 2.24) is 15.2 Å². The fourth-order valence-electron chi connectivity index (χ4n) is 3.80. The third-order valence-corrected chi connectivity index (χ3v) is 5.25. The number of pyridine rings is 1. The van der Waals surface area contributed by atoms with E-state index in [0.717, 1.165) is 37.1 Å². The van der Waals surface area contributed by atoms with E-state index in [1.165, 1.54) is 0 Å². The van der Waals surface area contributed by atoms with Crippen molar-refractivity contribution in [2.75, 3.05) is 18.5 Å². The molecule has 0 aliphatic carbocycles. The first-order chi connectivity index (χ1) is 12.6. The summed E-state index contributed by atoms with van der Waals surface area (Å²) in [5.74, 6) is -0.0666. The summed E-state index contributed by atoms with van der Waals surface area (Å²) in [7, 11) is 2.01. The molecule has 1 saturated heterocycles. The lowest BCUT2D eigenvalue weighted by molar-refractivity contribution is 0.0589. The van der Waals surface area contributed by atoms with Gasteiger partial charge in [0.1, 0.15) is 6.17 Å². The Morgan fingerprint density at radius 3 is 2.85 bits per heavy atom. The van der Waals surface area contributed by atoms with Crippen LogP contribution in [0.3, 0.4) is 0 Å². The maximum absolute atomic E-state index is 12.8. The average molecular weight is 350 g/mol. The number of nitrogens with one attached hydrogen (secondary N) is 1. The minimum Gasteiger partial charge on any atom is -0.354 e. The second-order valence-corrected chi connectivity index (χ2v) is 6.86. The topological polar surface area (TPSA) is 65.5 Å². The molecule has 4 rings (SSSR count). The van der Waals surface area contributed by atoms with E-state index >= 15 is 0 Å². The highest BCUT2D eigenvalue weighted by Gasteiger charge is 2.37. The van der Waals surface area contributed by atoms with Crippen molar-refractivity contribution in [2.24, 2.45) is 0 Å². The van der Waals surface area contributed by atoms with Crippen molar-refractivity contribution in [3.05, 3.63) is 59.4 Å². The summed E-state index contributed by atoms with van der Waals surface area (Å²) in [5.41, 5.74) is 3.09. The molecule has 134 valence electrons. The molecule has 6 nitrogen and oxygen atoms in total. The van der Waals surface area contributed by atoms with E-state index in [2.05, 4.69) is 15.2 Å². The number of hydrogen-bond acceptors (Lipinski definition) is 4. The highest BCUT2D eigenvalue weighted by Crippen LogP contribution is 2.34.